The van der Waals surface area contributed by atoms with Crippen molar-refractivity contribution in [1.82, 2.24) is 0 Å². The van der Waals surface area contributed by atoms with Gasteiger partial charge in [0.1, 0.15) is 0 Å². The van der Waals surface area contributed by atoms with E-state index in [1.54, 1.807) is 11.9 Å². The Hall–Kier alpha value is -2.62. The molecule has 2 aromatic rings. The second kappa shape index (κ2) is 5.54. The second-order valence-corrected chi connectivity index (χ2v) is 6.43. The minimum Gasteiger partial charge on any atom is -0.326 e. The Morgan fingerprint density at radius 3 is 2.52 bits per heavy atom. The lowest BCUT2D eigenvalue weighted by atomic mass is 9.86. The average molecular weight is 308 g/mol. The van der Waals surface area contributed by atoms with Crippen LogP contribution in [0.15, 0.2) is 48.5 Å². The predicted octanol–water partition coefficient (Wildman–Crippen LogP) is 3.12. The van der Waals surface area contributed by atoms with Gasteiger partial charge < -0.3 is 10.2 Å². The third kappa shape index (κ3) is 2.72. The van der Waals surface area contributed by atoms with E-state index in [2.05, 4.69) is 5.32 Å². The predicted molar refractivity (Wildman–Crippen MR) is 91.7 cm³/mol. The summed E-state index contributed by atoms with van der Waals surface area (Å²) in [6.45, 7) is 3.82. The molecule has 118 valence electrons. The summed E-state index contributed by atoms with van der Waals surface area (Å²) >= 11 is 0. The SMILES string of the molecule is CN1C(=O)C(C)(C)c2cc(NC(=O)Cc3ccccc3)ccc21. The minimum absolute atomic E-state index is 0.0633. The van der Waals surface area contributed by atoms with E-state index in [0.717, 1.165) is 22.5 Å². The highest BCUT2D eigenvalue weighted by atomic mass is 16.2. The molecule has 1 N–H and O–H groups in total. The lowest BCUT2D eigenvalue weighted by Gasteiger charge is -2.16. The molecule has 1 heterocycles. The van der Waals surface area contributed by atoms with Crippen molar-refractivity contribution < 1.29 is 9.59 Å². The number of nitrogens with one attached hydrogen (secondary N) is 1. The average Bonchev–Trinajstić information content (AvgIpc) is 2.69. The zero-order valence-corrected chi connectivity index (χ0v) is 13.6. The number of fused-ring (bicyclic) bond motifs is 1. The lowest BCUT2D eigenvalue weighted by Crippen LogP contribution is -2.33. The standard InChI is InChI=1S/C19H20N2O2/c1-19(2)15-12-14(9-10-16(15)21(3)18(19)23)20-17(22)11-13-7-5-4-6-8-13/h4-10,12H,11H2,1-3H3,(H,20,22). The molecule has 0 saturated carbocycles. The van der Waals surface area contributed by atoms with Gasteiger partial charge in [-0.1, -0.05) is 30.3 Å². The highest BCUT2D eigenvalue weighted by Crippen LogP contribution is 2.41. The van der Waals surface area contributed by atoms with Crippen molar-refractivity contribution >= 4 is 23.2 Å². The molecule has 2 aromatic carbocycles. The molecule has 0 aliphatic carbocycles. The topological polar surface area (TPSA) is 49.4 Å². The van der Waals surface area contributed by atoms with Crippen molar-refractivity contribution in [2.45, 2.75) is 25.7 Å². The zero-order valence-electron chi connectivity index (χ0n) is 13.6. The van der Waals surface area contributed by atoms with Gasteiger partial charge in [-0.3, -0.25) is 9.59 Å². The van der Waals surface area contributed by atoms with E-state index >= 15 is 0 Å². The van der Waals surface area contributed by atoms with Crippen LogP contribution >= 0.6 is 0 Å². The number of carbonyl (C=O) groups excluding carboxylic acids is 2. The van der Waals surface area contributed by atoms with E-state index in [0.29, 0.717) is 6.42 Å². The van der Waals surface area contributed by atoms with Crippen molar-refractivity contribution in [3.8, 4) is 0 Å². The van der Waals surface area contributed by atoms with Crippen LogP contribution in [-0.4, -0.2) is 18.9 Å². The van der Waals surface area contributed by atoms with Gasteiger partial charge in [0.15, 0.2) is 0 Å². The van der Waals surface area contributed by atoms with Crippen molar-refractivity contribution in [1.29, 1.82) is 0 Å². The number of amides is 2. The molecule has 0 radical (unpaired) electrons. The minimum atomic E-state index is -0.565. The number of benzene rings is 2. The maximum absolute atomic E-state index is 12.3. The van der Waals surface area contributed by atoms with Gasteiger partial charge in [0.2, 0.25) is 11.8 Å². The fraction of sp³-hybridized carbons (Fsp3) is 0.263. The maximum Gasteiger partial charge on any atom is 0.236 e. The number of nitrogens with zero attached hydrogens (tertiary/aromatic N) is 1. The quantitative estimate of drug-likeness (QED) is 0.947. The van der Waals surface area contributed by atoms with Gasteiger partial charge in [-0.05, 0) is 43.2 Å². The zero-order chi connectivity index (χ0) is 16.6. The summed E-state index contributed by atoms with van der Waals surface area (Å²) in [5.74, 6) is 0.00639. The number of anilines is 2. The first-order valence-corrected chi connectivity index (χ1v) is 7.66. The molecule has 1 aliphatic heterocycles. The summed E-state index contributed by atoms with van der Waals surface area (Å²) in [6, 6.07) is 15.3. The summed E-state index contributed by atoms with van der Waals surface area (Å²) in [7, 11) is 1.78. The summed E-state index contributed by atoms with van der Waals surface area (Å²) < 4.78 is 0. The molecule has 0 atom stereocenters. The van der Waals surface area contributed by atoms with E-state index in [1.165, 1.54) is 0 Å². The molecule has 0 fully saturated rings. The normalized spacial score (nSPS) is 15.4. The van der Waals surface area contributed by atoms with E-state index < -0.39 is 5.41 Å². The third-order valence-electron chi connectivity index (χ3n) is 4.36. The summed E-state index contributed by atoms with van der Waals surface area (Å²) in [5.41, 5.74) is 2.98. The van der Waals surface area contributed by atoms with E-state index in [9.17, 15) is 9.59 Å². The molecular weight excluding hydrogens is 288 g/mol. The first-order valence-electron chi connectivity index (χ1n) is 7.66. The Balaban J connectivity index is 1.80. The van der Waals surface area contributed by atoms with Crippen molar-refractivity contribution in [2.24, 2.45) is 0 Å². The highest BCUT2D eigenvalue weighted by molar-refractivity contribution is 6.07. The summed E-state index contributed by atoms with van der Waals surface area (Å²) in [6.07, 6.45) is 0.333. The number of rotatable bonds is 3. The van der Waals surface area contributed by atoms with Crippen LogP contribution in [0.5, 0.6) is 0 Å². The van der Waals surface area contributed by atoms with Crippen LogP contribution in [-0.2, 0) is 21.4 Å². The van der Waals surface area contributed by atoms with Crippen LogP contribution in [0.3, 0.4) is 0 Å². The van der Waals surface area contributed by atoms with Crippen LogP contribution in [0.4, 0.5) is 11.4 Å². The fourth-order valence-corrected chi connectivity index (χ4v) is 3.04. The van der Waals surface area contributed by atoms with E-state index in [-0.39, 0.29) is 11.8 Å². The van der Waals surface area contributed by atoms with Crippen molar-refractivity contribution in [3.63, 3.8) is 0 Å². The van der Waals surface area contributed by atoms with Crippen LogP contribution in [0, 0.1) is 0 Å². The Bertz CT molecular complexity index is 766. The van der Waals surface area contributed by atoms with Gasteiger partial charge in [0, 0.05) is 18.4 Å². The maximum atomic E-state index is 12.3. The first kappa shape index (κ1) is 15.3. The molecule has 0 spiro atoms. The number of hydrogen-bond acceptors (Lipinski definition) is 2. The van der Waals surface area contributed by atoms with Crippen LogP contribution in [0.2, 0.25) is 0 Å². The van der Waals surface area contributed by atoms with E-state index in [1.807, 2.05) is 62.4 Å². The smallest absolute Gasteiger partial charge is 0.236 e. The fourth-order valence-electron chi connectivity index (χ4n) is 3.04. The number of carbonyl (C=O) groups is 2. The van der Waals surface area contributed by atoms with E-state index in [4.69, 9.17) is 0 Å². The van der Waals surface area contributed by atoms with Crippen LogP contribution in [0.25, 0.3) is 0 Å². The molecule has 0 bridgehead atoms. The lowest BCUT2D eigenvalue weighted by molar-refractivity contribution is -0.121. The molecule has 23 heavy (non-hydrogen) atoms. The number of likely N-dealkylation sites (N-methyl/N-ethyl adjacent to an activating group) is 1. The van der Waals surface area contributed by atoms with Gasteiger partial charge in [-0.15, -0.1) is 0 Å². The Morgan fingerprint density at radius 2 is 1.83 bits per heavy atom. The Morgan fingerprint density at radius 1 is 1.13 bits per heavy atom. The summed E-state index contributed by atoms with van der Waals surface area (Å²) in [4.78, 5) is 26.2. The largest absolute Gasteiger partial charge is 0.326 e. The van der Waals surface area contributed by atoms with Gasteiger partial charge in [-0.2, -0.15) is 0 Å². The van der Waals surface area contributed by atoms with Crippen molar-refractivity contribution in [3.05, 3.63) is 59.7 Å². The molecule has 4 nitrogen and oxygen atoms in total. The first-order chi connectivity index (χ1) is 10.9. The monoisotopic (exact) mass is 308 g/mol. The summed E-state index contributed by atoms with van der Waals surface area (Å²) in [5, 5.41) is 2.92. The Kier molecular flexibility index (Phi) is 3.68. The molecule has 4 heteroatoms. The molecule has 0 saturated heterocycles. The molecule has 2 amide bonds. The molecule has 1 aliphatic rings. The Labute approximate surface area is 136 Å². The van der Waals surface area contributed by atoms with Gasteiger partial charge in [-0.25, -0.2) is 0 Å². The van der Waals surface area contributed by atoms with Crippen LogP contribution < -0.4 is 10.2 Å². The van der Waals surface area contributed by atoms with Gasteiger partial charge in [0.05, 0.1) is 11.8 Å². The molecular formula is C19H20N2O2. The van der Waals surface area contributed by atoms with Gasteiger partial charge >= 0.3 is 0 Å². The molecule has 0 aromatic heterocycles. The second-order valence-electron chi connectivity index (χ2n) is 6.43. The third-order valence-corrected chi connectivity index (χ3v) is 4.36. The molecule has 0 unspecified atom stereocenters. The van der Waals surface area contributed by atoms with Gasteiger partial charge in [0.25, 0.3) is 0 Å². The van der Waals surface area contributed by atoms with Crippen LogP contribution in [0.1, 0.15) is 25.0 Å². The number of hydrogen-bond donors (Lipinski definition) is 1. The van der Waals surface area contributed by atoms with Crippen molar-refractivity contribution in [2.75, 3.05) is 17.3 Å². The highest BCUT2D eigenvalue weighted by Gasteiger charge is 2.42. The molecule has 3 rings (SSSR count).